The normalized spacial score (nSPS) is 10.7. The van der Waals surface area contributed by atoms with Crippen LogP contribution in [-0.4, -0.2) is 22.5 Å². The molecular formula is C7H22KLiN2OSi2. The Kier molecular flexibility index (Phi) is 12.3. The van der Waals surface area contributed by atoms with Crippen LogP contribution < -0.4 is 80.2 Å². The molecular weight excluding hydrogens is 230 g/mol. The third-order valence-electron chi connectivity index (χ3n) is 0.977. The van der Waals surface area contributed by atoms with Gasteiger partial charge in [-0.1, -0.05) is 39.3 Å². The molecule has 2 amide bonds. The molecule has 0 rings (SSSR count). The summed E-state index contributed by atoms with van der Waals surface area (Å²) < 4.78 is 0. The van der Waals surface area contributed by atoms with E-state index in [4.69, 9.17) is 0 Å². The van der Waals surface area contributed by atoms with E-state index in [1.165, 1.54) is 0 Å². The van der Waals surface area contributed by atoms with Crippen molar-refractivity contribution >= 4 is 22.5 Å². The maximum Gasteiger partial charge on any atom is 1.00 e. The molecule has 0 aromatic rings. The van der Waals surface area contributed by atoms with Crippen LogP contribution in [0.25, 0.3) is 0 Å². The van der Waals surface area contributed by atoms with Crippen LogP contribution in [0.3, 0.4) is 0 Å². The van der Waals surface area contributed by atoms with E-state index >= 15 is 0 Å². The smallest absolute Gasteiger partial charge is 1.00 e. The van der Waals surface area contributed by atoms with Crippen molar-refractivity contribution in [3.05, 3.63) is 0 Å². The standard InChI is InChI=1S/C7H20N2OSi2.K.Li.2H/c1-11(2,3)8-7(10)9-12(4,5)6;;;;/h1-6H3,(H2,8,9,10);;;;/q;2*+1;2*-1. The molecule has 3 nitrogen and oxygen atoms in total. The Bertz CT molecular complexity index is 170. The molecule has 0 aliphatic carbocycles. The molecule has 0 saturated heterocycles. The predicted molar refractivity (Wildman–Crippen MR) is 60.6 cm³/mol. The molecule has 14 heavy (non-hydrogen) atoms. The van der Waals surface area contributed by atoms with Gasteiger partial charge in [-0.25, -0.2) is 0 Å². The topological polar surface area (TPSA) is 41.1 Å². The summed E-state index contributed by atoms with van der Waals surface area (Å²) in [7, 11) is -2.92. The maximum absolute atomic E-state index is 11.3. The van der Waals surface area contributed by atoms with E-state index in [-0.39, 0.29) is 79.1 Å². The number of hydrogen-bond donors (Lipinski definition) is 2. The van der Waals surface area contributed by atoms with Crippen molar-refractivity contribution < 1.29 is 77.9 Å². The molecule has 0 radical (unpaired) electrons. The van der Waals surface area contributed by atoms with Crippen LogP contribution in [0.5, 0.6) is 0 Å². The fraction of sp³-hybridized carbons (Fsp3) is 0.857. The molecule has 0 aromatic carbocycles. The summed E-state index contributed by atoms with van der Waals surface area (Å²) in [5.41, 5.74) is 0. The van der Waals surface area contributed by atoms with Crippen LogP contribution >= 0.6 is 0 Å². The molecule has 0 bridgehead atoms. The molecule has 2 N–H and O–H groups in total. The van der Waals surface area contributed by atoms with Gasteiger partial charge in [-0.2, -0.15) is 0 Å². The summed E-state index contributed by atoms with van der Waals surface area (Å²) >= 11 is 0. The second-order valence-corrected chi connectivity index (χ2v) is 14.6. The number of rotatable bonds is 2. The van der Waals surface area contributed by atoms with Gasteiger partial charge in [0.1, 0.15) is 16.5 Å². The Balaban J connectivity index is -0.000000101. The first-order chi connectivity index (χ1) is 5.10. The van der Waals surface area contributed by atoms with Gasteiger partial charge < -0.3 is 12.8 Å². The minimum Gasteiger partial charge on any atom is -1.00 e. The van der Waals surface area contributed by atoms with Gasteiger partial charge in [0.2, 0.25) is 0 Å². The van der Waals surface area contributed by atoms with Crippen LogP contribution in [-0.2, 0) is 0 Å². The molecule has 0 aromatic heterocycles. The molecule has 76 valence electrons. The van der Waals surface area contributed by atoms with E-state index in [0.29, 0.717) is 0 Å². The quantitative estimate of drug-likeness (QED) is 0.486. The first-order valence-electron chi connectivity index (χ1n) is 4.20. The third-order valence-corrected chi connectivity index (χ3v) is 2.93. The zero-order valence-electron chi connectivity index (χ0n) is 12.9. The van der Waals surface area contributed by atoms with E-state index < -0.39 is 16.5 Å². The first kappa shape index (κ1) is 21.2. The molecule has 0 aliphatic heterocycles. The molecule has 0 spiro atoms. The van der Waals surface area contributed by atoms with Crippen molar-refractivity contribution in [2.75, 3.05) is 0 Å². The Hall–Kier alpha value is 1.94. The largest absolute Gasteiger partial charge is 1.00 e. The van der Waals surface area contributed by atoms with Crippen molar-refractivity contribution in [3.8, 4) is 0 Å². The van der Waals surface area contributed by atoms with Crippen molar-refractivity contribution in [3.63, 3.8) is 0 Å². The van der Waals surface area contributed by atoms with Crippen LogP contribution in [0.15, 0.2) is 0 Å². The Morgan fingerprint density at radius 3 is 1.29 bits per heavy atom. The van der Waals surface area contributed by atoms with E-state index in [0.717, 1.165) is 0 Å². The van der Waals surface area contributed by atoms with Gasteiger partial charge in [-0.3, -0.25) is 4.79 Å². The van der Waals surface area contributed by atoms with Crippen molar-refractivity contribution in [2.24, 2.45) is 0 Å². The summed E-state index contributed by atoms with van der Waals surface area (Å²) in [6.07, 6.45) is 0. The Morgan fingerprint density at radius 2 is 1.14 bits per heavy atom. The fourth-order valence-corrected chi connectivity index (χ4v) is 2.32. The van der Waals surface area contributed by atoms with E-state index in [1.54, 1.807) is 0 Å². The van der Waals surface area contributed by atoms with Gasteiger partial charge in [0.15, 0.2) is 0 Å². The third kappa shape index (κ3) is 16.4. The molecule has 0 aliphatic rings. The number of urea groups is 1. The Labute approximate surface area is 147 Å². The molecule has 0 fully saturated rings. The number of nitrogens with one attached hydrogen (secondary N) is 2. The molecule has 0 heterocycles. The number of hydrogen-bond acceptors (Lipinski definition) is 1. The predicted octanol–water partition coefficient (Wildman–Crippen LogP) is -3.81. The van der Waals surface area contributed by atoms with E-state index in [1.807, 2.05) is 0 Å². The monoisotopic (exact) mass is 252 g/mol. The Morgan fingerprint density at radius 1 is 0.929 bits per heavy atom. The summed E-state index contributed by atoms with van der Waals surface area (Å²) in [6.45, 7) is 12.6. The number of amides is 2. The van der Waals surface area contributed by atoms with Gasteiger partial charge in [0.05, 0.1) is 0 Å². The van der Waals surface area contributed by atoms with Crippen molar-refractivity contribution in [2.45, 2.75) is 39.3 Å². The number of carbonyl (C=O) groups is 1. The second kappa shape index (κ2) is 8.09. The first-order valence-corrected chi connectivity index (χ1v) is 11.2. The molecule has 0 atom stereocenters. The van der Waals surface area contributed by atoms with E-state index in [9.17, 15) is 4.79 Å². The van der Waals surface area contributed by atoms with Crippen molar-refractivity contribution in [1.29, 1.82) is 0 Å². The van der Waals surface area contributed by atoms with Gasteiger partial charge in [-0.05, 0) is 0 Å². The SMILES string of the molecule is C[Si](C)(C)NC(=O)N[Si](C)(C)C.[H-].[H-].[K+].[Li+]. The average molecular weight is 252 g/mol. The van der Waals surface area contributed by atoms with Gasteiger partial charge in [0.25, 0.3) is 6.03 Å². The van der Waals surface area contributed by atoms with Crippen LogP contribution in [0.2, 0.25) is 39.3 Å². The van der Waals surface area contributed by atoms with E-state index in [2.05, 4.69) is 49.2 Å². The zero-order chi connectivity index (χ0) is 9.99. The fourth-order valence-electron chi connectivity index (χ4n) is 0.712. The summed E-state index contributed by atoms with van der Waals surface area (Å²) in [4.78, 5) is 17.3. The summed E-state index contributed by atoms with van der Waals surface area (Å²) in [5, 5.41) is 0. The minimum atomic E-state index is -1.46. The van der Waals surface area contributed by atoms with Gasteiger partial charge in [0, 0.05) is 0 Å². The number of carbonyl (C=O) groups excluding carboxylic acids is 1. The van der Waals surface area contributed by atoms with Gasteiger partial charge >= 0.3 is 70.2 Å². The second-order valence-electron chi connectivity index (χ2n) is 5.08. The van der Waals surface area contributed by atoms with Crippen LogP contribution in [0.1, 0.15) is 2.85 Å². The zero-order valence-corrected chi connectivity index (χ0v) is 16.0. The summed E-state index contributed by atoms with van der Waals surface area (Å²) in [6, 6.07) is 0.00772. The minimum absolute atomic E-state index is 0. The van der Waals surface area contributed by atoms with Crippen LogP contribution in [0.4, 0.5) is 4.79 Å². The van der Waals surface area contributed by atoms with Crippen molar-refractivity contribution in [1.82, 2.24) is 9.96 Å². The summed E-state index contributed by atoms with van der Waals surface area (Å²) in [5.74, 6) is 0. The molecule has 0 unspecified atom stereocenters. The van der Waals surface area contributed by atoms with Crippen LogP contribution in [0, 0.1) is 0 Å². The molecule has 7 heteroatoms. The molecule has 0 saturated carbocycles. The van der Waals surface area contributed by atoms with Gasteiger partial charge in [-0.15, -0.1) is 0 Å². The average Bonchev–Trinajstić information content (AvgIpc) is 1.49. The maximum atomic E-state index is 11.3.